The molecule has 101 valence electrons. The second-order valence-electron chi connectivity index (χ2n) is 4.76. The molecule has 1 unspecified atom stereocenters. The summed E-state index contributed by atoms with van der Waals surface area (Å²) >= 11 is -1.71. The number of ether oxygens (including phenoxy) is 1. The van der Waals surface area contributed by atoms with E-state index in [-0.39, 0.29) is 0 Å². The maximum atomic E-state index is 11.8. The molecule has 2 aliphatic heterocycles. The first kappa shape index (κ1) is 13.4. The molecule has 1 aromatic rings. The quantitative estimate of drug-likeness (QED) is 0.477. The molecule has 0 saturated carbocycles. The van der Waals surface area contributed by atoms with Gasteiger partial charge in [0.25, 0.3) is 0 Å². The fourth-order valence-corrected chi connectivity index (χ4v) is 6.00. The van der Waals surface area contributed by atoms with Crippen LogP contribution in [-0.4, -0.2) is 64.2 Å². The summed E-state index contributed by atoms with van der Waals surface area (Å²) in [5.41, 5.74) is -2.46. The molecule has 0 aliphatic carbocycles. The van der Waals surface area contributed by atoms with Gasteiger partial charge in [-0.05, 0) is 0 Å². The van der Waals surface area contributed by atoms with Crippen LogP contribution in [0.5, 0.6) is 0 Å². The van der Waals surface area contributed by atoms with Crippen LogP contribution in [0.15, 0.2) is 21.9 Å². The van der Waals surface area contributed by atoms with Crippen molar-refractivity contribution in [3.63, 3.8) is 0 Å². The molecule has 3 heterocycles. The Bertz CT molecular complexity index is 596. The minimum atomic E-state index is -1.71. The van der Waals surface area contributed by atoms with Gasteiger partial charge in [-0.15, -0.1) is 0 Å². The van der Waals surface area contributed by atoms with Gasteiger partial charge in [0.15, 0.2) is 0 Å². The Morgan fingerprint density at radius 3 is 3.05 bits per heavy atom. The third-order valence-electron chi connectivity index (χ3n) is 3.35. The van der Waals surface area contributed by atoms with Crippen molar-refractivity contribution in [3.05, 3.63) is 33.1 Å². The molecule has 3 rings (SSSR count). The third-order valence-corrected chi connectivity index (χ3v) is 6.20. The molecule has 0 aromatic carbocycles. The molecule has 0 spiro atoms. The Balaban J connectivity index is 2.01. The molecule has 0 radical (unpaired) electrons. The van der Waals surface area contributed by atoms with E-state index < -0.39 is 60.4 Å². The van der Waals surface area contributed by atoms with Gasteiger partial charge in [0.05, 0.1) is 0 Å². The van der Waals surface area contributed by atoms with Gasteiger partial charge < -0.3 is 0 Å². The van der Waals surface area contributed by atoms with Crippen LogP contribution < -0.4 is 11.2 Å². The SMILES string of the molecule is C[C@]1(O)C2[O][Tl][O]C[C@H]2O[C@H]1n1ccc(=O)[nH]c1=O. The zero-order valence-corrected chi connectivity index (χ0v) is 14.6. The van der Waals surface area contributed by atoms with Crippen molar-refractivity contribution in [1.29, 1.82) is 0 Å². The molecule has 19 heavy (non-hydrogen) atoms. The normalized spacial score (nSPS) is 37.3. The van der Waals surface area contributed by atoms with E-state index in [2.05, 4.69) is 4.98 Å². The second kappa shape index (κ2) is 4.77. The number of aromatic nitrogens is 2. The second-order valence-corrected chi connectivity index (χ2v) is 7.86. The molecule has 0 amide bonds. The van der Waals surface area contributed by atoms with E-state index in [0.29, 0.717) is 6.61 Å². The standard InChI is InChI=1S/C10H12N2O6.Tl/c1-10(17)7(15)5(4-13)18-8(10)12-3-2-6(14)11-9(12)16;/h2-3,5,7-8,17H,4H2,1H3,(H,11,14,16);/q-2;+2/t5-,7?,8-,10+;/m1./s1. The number of hydrogen-bond acceptors (Lipinski definition) is 6. The summed E-state index contributed by atoms with van der Waals surface area (Å²) in [6.45, 7) is 1.95. The number of hydrogen-bond donors (Lipinski definition) is 2. The van der Waals surface area contributed by atoms with Crippen LogP contribution in [-0.2, 0) is 10.1 Å². The Labute approximate surface area is 120 Å². The van der Waals surface area contributed by atoms with Crippen molar-refractivity contribution in [2.45, 2.75) is 31.0 Å². The van der Waals surface area contributed by atoms with Crippen molar-refractivity contribution in [2.24, 2.45) is 0 Å². The maximum absolute atomic E-state index is 11.8. The Kier molecular flexibility index (Phi) is 3.37. The van der Waals surface area contributed by atoms with Crippen LogP contribution in [0.1, 0.15) is 13.2 Å². The van der Waals surface area contributed by atoms with Crippen LogP contribution in [0.25, 0.3) is 0 Å². The van der Waals surface area contributed by atoms with Gasteiger partial charge in [-0.1, -0.05) is 0 Å². The number of aliphatic hydroxyl groups is 1. The van der Waals surface area contributed by atoms with E-state index >= 15 is 0 Å². The van der Waals surface area contributed by atoms with Gasteiger partial charge in [0.1, 0.15) is 0 Å². The Morgan fingerprint density at radius 1 is 1.58 bits per heavy atom. The first-order valence-electron chi connectivity index (χ1n) is 5.78. The summed E-state index contributed by atoms with van der Waals surface area (Å²) in [6.07, 6.45) is -0.481. The molecule has 9 heteroatoms. The van der Waals surface area contributed by atoms with Crippen LogP contribution in [0.4, 0.5) is 0 Å². The molecule has 8 nitrogen and oxygen atoms in total. The van der Waals surface area contributed by atoms with Crippen LogP contribution >= 0.6 is 0 Å². The summed E-state index contributed by atoms with van der Waals surface area (Å²) in [7, 11) is 0. The van der Waals surface area contributed by atoms with Gasteiger partial charge in [-0.3, -0.25) is 0 Å². The van der Waals surface area contributed by atoms with Gasteiger partial charge in [0, 0.05) is 0 Å². The van der Waals surface area contributed by atoms with Crippen LogP contribution in [0.2, 0.25) is 0 Å². The third kappa shape index (κ3) is 2.20. The first-order valence-corrected chi connectivity index (χ1v) is 9.45. The molecule has 0 bridgehead atoms. The van der Waals surface area contributed by atoms with E-state index in [9.17, 15) is 14.7 Å². The molecule has 2 aliphatic rings. The van der Waals surface area contributed by atoms with Crippen molar-refractivity contribution in [1.82, 2.24) is 9.55 Å². The number of aromatic amines is 1. The minimum absolute atomic E-state index is 0.380. The number of nitrogens with zero attached hydrogens (tertiary/aromatic N) is 1. The van der Waals surface area contributed by atoms with Gasteiger partial charge >= 0.3 is 121 Å². The molecular formula is C10H12N2O6Tl. The van der Waals surface area contributed by atoms with E-state index in [1.807, 2.05) is 0 Å². The van der Waals surface area contributed by atoms with Gasteiger partial charge in [-0.25, -0.2) is 0 Å². The van der Waals surface area contributed by atoms with Crippen LogP contribution in [0.3, 0.4) is 0 Å². The summed E-state index contributed by atoms with van der Waals surface area (Å²) in [4.78, 5) is 25.0. The van der Waals surface area contributed by atoms with E-state index in [1.165, 1.54) is 16.8 Å². The number of rotatable bonds is 1. The van der Waals surface area contributed by atoms with Crippen molar-refractivity contribution in [3.8, 4) is 0 Å². The summed E-state index contributed by atoms with van der Waals surface area (Å²) in [6, 6.07) is 1.21. The average molecular weight is 461 g/mol. The van der Waals surface area contributed by atoms with Crippen molar-refractivity contribution in [2.75, 3.05) is 6.61 Å². The van der Waals surface area contributed by atoms with E-state index in [0.717, 1.165) is 0 Å². The molecule has 2 N–H and O–H groups in total. The Morgan fingerprint density at radius 2 is 2.37 bits per heavy atom. The molecule has 2 saturated heterocycles. The predicted octanol–water partition coefficient (Wildman–Crippen LogP) is -1.87. The van der Waals surface area contributed by atoms with Crippen molar-refractivity contribution >= 4 is 25.1 Å². The van der Waals surface area contributed by atoms with Gasteiger partial charge in [-0.2, -0.15) is 0 Å². The number of H-pyrrole nitrogens is 1. The molecule has 2 fully saturated rings. The molecule has 1 aromatic heterocycles. The Hall–Kier alpha value is -0.558. The number of fused-ring (bicyclic) bond motifs is 1. The van der Waals surface area contributed by atoms with Crippen LogP contribution in [0, 0.1) is 0 Å². The number of nitrogens with one attached hydrogen (secondary N) is 1. The molecule has 4 atom stereocenters. The monoisotopic (exact) mass is 461 g/mol. The zero-order chi connectivity index (χ0) is 13.6. The van der Waals surface area contributed by atoms with Crippen molar-refractivity contribution < 1.29 is 15.2 Å². The van der Waals surface area contributed by atoms with E-state index in [4.69, 9.17) is 10.1 Å². The zero-order valence-electron chi connectivity index (χ0n) is 10.1. The summed E-state index contributed by atoms with van der Waals surface area (Å²) in [5.74, 6) is 0. The molecular weight excluding hydrogens is 449 g/mol. The summed E-state index contributed by atoms with van der Waals surface area (Å²) < 4.78 is 17.7. The predicted molar refractivity (Wildman–Crippen MR) is 62.4 cm³/mol. The van der Waals surface area contributed by atoms with Gasteiger partial charge in [0.2, 0.25) is 0 Å². The van der Waals surface area contributed by atoms with E-state index in [1.54, 1.807) is 6.92 Å². The fraction of sp³-hybridized carbons (Fsp3) is 0.600. The average Bonchev–Trinajstić information content (AvgIpc) is 2.62. The topological polar surface area (TPSA) is 103 Å². The summed E-state index contributed by atoms with van der Waals surface area (Å²) in [5, 5.41) is 10.6. The fourth-order valence-electron chi connectivity index (χ4n) is 2.44. The first-order chi connectivity index (χ1) is 9.00.